The van der Waals surface area contributed by atoms with E-state index in [2.05, 4.69) is 20.9 Å². The number of carbonyl (C=O) groups excluding carboxylic acids is 1. The smallest absolute Gasteiger partial charge is 0.315 e. The number of rotatable bonds is 4. The number of methoxy groups -OCH3 is 2. The molecular formula is C12H14BrNO3. The van der Waals surface area contributed by atoms with E-state index >= 15 is 0 Å². The molecule has 1 atom stereocenters. The van der Waals surface area contributed by atoms with E-state index in [9.17, 15) is 4.79 Å². The molecule has 0 spiro atoms. The predicted octanol–water partition coefficient (Wildman–Crippen LogP) is 2.52. The minimum absolute atomic E-state index is 0.236. The summed E-state index contributed by atoms with van der Waals surface area (Å²) >= 11 is 3.33. The fourth-order valence-corrected chi connectivity index (χ4v) is 2.22. The number of halogens is 1. The van der Waals surface area contributed by atoms with Gasteiger partial charge in [0.15, 0.2) is 0 Å². The van der Waals surface area contributed by atoms with Crippen LogP contribution in [0.25, 0.3) is 0 Å². The minimum atomic E-state index is -0.303. The Morgan fingerprint density at radius 3 is 2.76 bits per heavy atom. The van der Waals surface area contributed by atoms with Crippen LogP contribution >= 0.6 is 15.9 Å². The van der Waals surface area contributed by atoms with Gasteiger partial charge in [-0.1, -0.05) is 0 Å². The van der Waals surface area contributed by atoms with Crippen LogP contribution in [-0.2, 0) is 9.53 Å². The molecule has 0 aromatic carbocycles. The molecule has 1 heterocycles. The summed E-state index contributed by atoms with van der Waals surface area (Å²) in [5.74, 6) is 0.426. The molecule has 1 saturated carbocycles. The van der Waals surface area contributed by atoms with E-state index in [-0.39, 0.29) is 11.9 Å². The van der Waals surface area contributed by atoms with Crippen LogP contribution in [0.5, 0.6) is 5.75 Å². The third-order valence-corrected chi connectivity index (χ3v) is 3.35. The van der Waals surface area contributed by atoms with E-state index in [1.165, 1.54) is 7.11 Å². The van der Waals surface area contributed by atoms with Crippen molar-refractivity contribution in [2.45, 2.75) is 18.8 Å². The molecule has 1 fully saturated rings. The summed E-state index contributed by atoms with van der Waals surface area (Å²) < 4.78 is 11.0. The van der Waals surface area contributed by atoms with Gasteiger partial charge in [-0.2, -0.15) is 0 Å². The van der Waals surface area contributed by atoms with Gasteiger partial charge in [-0.15, -0.1) is 0 Å². The topological polar surface area (TPSA) is 48.4 Å². The molecule has 0 saturated heterocycles. The molecule has 0 aliphatic heterocycles. The Balaban J connectivity index is 2.38. The predicted molar refractivity (Wildman–Crippen MR) is 66.0 cm³/mol. The van der Waals surface area contributed by atoms with Crippen LogP contribution < -0.4 is 4.74 Å². The van der Waals surface area contributed by atoms with E-state index in [4.69, 9.17) is 9.47 Å². The van der Waals surface area contributed by atoms with Crippen molar-refractivity contribution >= 4 is 21.9 Å². The lowest BCUT2D eigenvalue weighted by molar-refractivity contribution is -0.143. The molecule has 2 rings (SSSR count). The average molecular weight is 300 g/mol. The number of aromatic nitrogens is 1. The SMILES string of the molecule is COC(=O)C(c1ncc(Br)cc1OC)C1CC1. The first kappa shape index (κ1) is 12.4. The third kappa shape index (κ3) is 2.60. The Morgan fingerprint density at radius 2 is 2.24 bits per heavy atom. The van der Waals surface area contributed by atoms with Crippen LogP contribution in [0.15, 0.2) is 16.7 Å². The van der Waals surface area contributed by atoms with Gasteiger partial charge in [-0.3, -0.25) is 9.78 Å². The summed E-state index contributed by atoms with van der Waals surface area (Å²) in [7, 11) is 2.98. The second-order valence-corrected chi connectivity index (χ2v) is 4.99. The van der Waals surface area contributed by atoms with E-state index in [0.29, 0.717) is 17.4 Å². The highest BCUT2D eigenvalue weighted by atomic mass is 79.9. The van der Waals surface area contributed by atoms with Crippen LogP contribution in [0.3, 0.4) is 0 Å². The maximum Gasteiger partial charge on any atom is 0.315 e. The molecule has 1 aromatic heterocycles. The number of ether oxygens (including phenoxy) is 2. The van der Waals surface area contributed by atoms with Gasteiger partial charge in [0, 0.05) is 10.7 Å². The Bertz CT molecular complexity index is 432. The molecule has 4 nitrogen and oxygen atoms in total. The third-order valence-electron chi connectivity index (χ3n) is 2.91. The van der Waals surface area contributed by atoms with Crippen molar-refractivity contribution < 1.29 is 14.3 Å². The minimum Gasteiger partial charge on any atom is -0.495 e. The van der Waals surface area contributed by atoms with Crippen LogP contribution in [0.1, 0.15) is 24.5 Å². The standard InChI is InChI=1S/C12H14BrNO3/c1-16-9-5-8(13)6-14-11(9)10(7-3-4-7)12(15)17-2/h5-7,10H,3-4H2,1-2H3. The monoisotopic (exact) mass is 299 g/mol. The zero-order chi connectivity index (χ0) is 12.4. The summed E-state index contributed by atoms with van der Waals surface area (Å²) in [6, 6.07) is 1.82. The van der Waals surface area contributed by atoms with Gasteiger partial charge in [0.25, 0.3) is 0 Å². The van der Waals surface area contributed by atoms with Crippen LogP contribution in [0.4, 0.5) is 0 Å². The zero-order valence-electron chi connectivity index (χ0n) is 9.77. The van der Waals surface area contributed by atoms with E-state index in [1.807, 2.05) is 6.07 Å². The number of nitrogens with zero attached hydrogens (tertiary/aromatic N) is 1. The molecule has 0 N–H and O–H groups in total. The highest BCUT2D eigenvalue weighted by Crippen LogP contribution is 2.45. The van der Waals surface area contributed by atoms with Gasteiger partial charge in [0.1, 0.15) is 11.7 Å². The largest absolute Gasteiger partial charge is 0.495 e. The van der Waals surface area contributed by atoms with Crippen molar-refractivity contribution in [3.8, 4) is 5.75 Å². The molecule has 1 aliphatic carbocycles. The van der Waals surface area contributed by atoms with Gasteiger partial charge in [-0.25, -0.2) is 0 Å². The maximum absolute atomic E-state index is 11.8. The summed E-state index contributed by atoms with van der Waals surface area (Å²) in [5.41, 5.74) is 0.671. The summed E-state index contributed by atoms with van der Waals surface area (Å²) in [6.45, 7) is 0. The van der Waals surface area contributed by atoms with Crippen molar-refractivity contribution in [3.05, 3.63) is 22.4 Å². The van der Waals surface area contributed by atoms with Crippen LogP contribution in [0, 0.1) is 5.92 Å². The second kappa shape index (κ2) is 5.04. The normalized spacial score (nSPS) is 16.4. The van der Waals surface area contributed by atoms with E-state index in [1.54, 1.807) is 13.3 Å². The van der Waals surface area contributed by atoms with Gasteiger partial charge in [0.05, 0.1) is 19.9 Å². The zero-order valence-corrected chi connectivity index (χ0v) is 11.4. The molecule has 0 amide bonds. The second-order valence-electron chi connectivity index (χ2n) is 4.08. The van der Waals surface area contributed by atoms with Crippen molar-refractivity contribution in [2.75, 3.05) is 14.2 Å². The Morgan fingerprint density at radius 1 is 1.53 bits per heavy atom. The summed E-state index contributed by atoms with van der Waals surface area (Å²) in [6.07, 6.45) is 3.76. The molecule has 0 radical (unpaired) electrons. The lowest BCUT2D eigenvalue weighted by atomic mass is 9.98. The van der Waals surface area contributed by atoms with E-state index in [0.717, 1.165) is 17.3 Å². The molecular weight excluding hydrogens is 286 g/mol. The van der Waals surface area contributed by atoms with Gasteiger partial charge in [0.2, 0.25) is 0 Å². The summed E-state index contributed by atoms with van der Waals surface area (Å²) in [5, 5.41) is 0. The number of carbonyl (C=O) groups is 1. The molecule has 92 valence electrons. The lowest BCUT2D eigenvalue weighted by Crippen LogP contribution is -2.18. The fourth-order valence-electron chi connectivity index (χ4n) is 1.91. The maximum atomic E-state index is 11.8. The number of hydrogen-bond donors (Lipinski definition) is 0. The van der Waals surface area contributed by atoms with Gasteiger partial charge < -0.3 is 9.47 Å². The highest BCUT2D eigenvalue weighted by molar-refractivity contribution is 9.10. The molecule has 1 aromatic rings. The molecule has 1 aliphatic rings. The lowest BCUT2D eigenvalue weighted by Gasteiger charge is -2.16. The first-order chi connectivity index (χ1) is 8.17. The van der Waals surface area contributed by atoms with Crippen molar-refractivity contribution in [1.29, 1.82) is 0 Å². The number of hydrogen-bond acceptors (Lipinski definition) is 4. The fraction of sp³-hybridized carbons (Fsp3) is 0.500. The van der Waals surface area contributed by atoms with E-state index < -0.39 is 0 Å². The summed E-state index contributed by atoms with van der Waals surface area (Å²) in [4.78, 5) is 16.1. The quantitative estimate of drug-likeness (QED) is 0.802. The van der Waals surface area contributed by atoms with Crippen molar-refractivity contribution in [2.24, 2.45) is 5.92 Å². The van der Waals surface area contributed by atoms with Gasteiger partial charge >= 0.3 is 5.97 Å². The molecule has 0 bridgehead atoms. The Hall–Kier alpha value is -1.10. The Labute approximate surface area is 108 Å². The van der Waals surface area contributed by atoms with Gasteiger partial charge in [-0.05, 0) is 40.8 Å². The van der Waals surface area contributed by atoms with Crippen molar-refractivity contribution in [3.63, 3.8) is 0 Å². The molecule has 17 heavy (non-hydrogen) atoms. The van der Waals surface area contributed by atoms with Crippen molar-refractivity contribution in [1.82, 2.24) is 4.98 Å². The highest BCUT2D eigenvalue weighted by Gasteiger charge is 2.40. The number of pyridine rings is 1. The molecule has 5 heteroatoms. The first-order valence-electron chi connectivity index (χ1n) is 5.44. The Kier molecular flexibility index (Phi) is 3.66. The van der Waals surface area contributed by atoms with Crippen LogP contribution in [0.2, 0.25) is 0 Å². The number of esters is 1. The average Bonchev–Trinajstić information content (AvgIpc) is 3.15. The first-order valence-corrected chi connectivity index (χ1v) is 6.24. The van der Waals surface area contributed by atoms with Crippen LogP contribution in [-0.4, -0.2) is 25.2 Å². The molecule has 1 unspecified atom stereocenters.